The Morgan fingerprint density at radius 1 is 0.810 bits per heavy atom. The van der Waals surface area contributed by atoms with Crippen molar-refractivity contribution in [2.24, 2.45) is 0 Å². The molecule has 1 heterocycles. The molecule has 1 unspecified atom stereocenters. The molecule has 2 aliphatic rings. The topological polar surface area (TPSA) is 23.6 Å². The number of alkyl halides is 3. The van der Waals surface area contributed by atoms with Crippen molar-refractivity contribution in [3.8, 4) is 0 Å². The van der Waals surface area contributed by atoms with Gasteiger partial charge in [0.05, 0.1) is 18.2 Å². The second-order valence-corrected chi connectivity index (χ2v) is 11.0. The lowest BCUT2D eigenvalue weighted by Crippen LogP contribution is -2.48. The van der Waals surface area contributed by atoms with Crippen LogP contribution in [0.1, 0.15) is 45.0 Å². The molecule has 8 heteroatoms. The Morgan fingerprint density at radius 2 is 1.45 bits per heavy atom. The lowest BCUT2D eigenvalue weighted by atomic mass is 9.86. The first-order valence-electron chi connectivity index (χ1n) is 14.0. The number of hydrogen-bond acceptors (Lipinski definition) is 2. The van der Waals surface area contributed by atoms with Gasteiger partial charge in [0.15, 0.2) is 0 Å². The molecule has 3 nitrogen and oxygen atoms in total. The summed E-state index contributed by atoms with van der Waals surface area (Å²) < 4.78 is 71.4. The molecule has 0 spiro atoms. The third-order valence-corrected chi connectivity index (χ3v) is 8.43. The molecular weight excluding hydrogens is 547 g/mol. The molecule has 0 saturated carbocycles. The zero-order valence-electron chi connectivity index (χ0n) is 22.8. The van der Waals surface area contributed by atoms with Crippen LogP contribution in [-0.4, -0.2) is 34.8 Å². The molecule has 1 atom stereocenters. The predicted molar refractivity (Wildman–Crippen MR) is 150 cm³/mol. The van der Waals surface area contributed by atoms with Crippen LogP contribution in [0.4, 0.5) is 22.0 Å². The summed E-state index contributed by atoms with van der Waals surface area (Å²) in [6, 6.07) is 23.1. The molecule has 4 aromatic carbocycles. The van der Waals surface area contributed by atoms with Crippen LogP contribution in [0, 0.1) is 11.6 Å². The Labute approximate surface area is 241 Å². The number of carbonyl (C=O) groups excluding carboxylic acids is 1. The second kappa shape index (κ2) is 11.3. The first-order valence-corrected chi connectivity index (χ1v) is 14.0. The fourth-order valence-corrected chi connectivity index (χ4v) is 6.42. The highest BCUT2D eigenvalue weighted by Crippen LogP contribution is 2.42. The number of fused-ring (bicyclic) bond motifs is 2. The second-order valence-electron chi connectivity index (χ2n) is 11.0. The molecular formula is C34H29F5N2O. The fraction of sp³-hybridized carbons (Fsp3) is 0.265. The van der Waals surface area contributed by atoms with Crippen molar-refractivity contribution in [1.29, 1.82) is 0 Å². The Bertz CT molecular complexity index is 1590. The van der Waals surface area contributed by atoms with Crippen molar-refractivity contribution >= 4 is 5.91 Å². The molecule has 6 rings (SSSR count). The Hall–Kier alpha value is -4.04. The molecule has 0 aromatic heterocycles. The molecule has 1 aliphatic heterocycles. The van der Waals surface area contributed by atoms with Crippen LogP contribution in [0.25, 0.3) is 0 Å². The van der Waals surface area contributed by atoms with E-state index in [1.54, 1.807) is 40.1 Å². The predicted octanol–water partition coefficient (Wildman–Crippen LogP) is 7.13. The SMILES string of the molecule is O=C(CN1CCc2ccccc2C1c1ccc(F)cc1C(F)(F)F)N(Cc1ccccc1F)C1Cc2ccccc2C1. The maximum Gasteiger partial charge on any atom is 0.416 e. The molecule has 0 bridgehead atoms. The van der Waals surface area contributed by atoms with Crippen molar-refractivity contribution in [3.05, 3.63) is 142 Å². The van der Waals surface area contributed by atoms with E-state index in [1.807, 2.05) is 36.4 Å². The maximum atomic E-state index is 14.8. The third-order valence-electron chi connectivity index (χ3n) is 8.43. The minimum absolute atomic E-state index is 0.0452. The van der Waals surface area contributed by atoms with Gasteiger partial charge in [0.25, 0.3) is 0 Å². The molecule has 0 N–H and O–H groups in total. The van der Waals surface area contributed by atoms with E-state index in [1.165, 1.54) is 12.1 Å². The minimum atomic E-state index is -4.79. The first kappa shape index (κ1) is 28.1. The molecule has 4 aromatic rings. The maximum absolute atomic E-state index is 14.8. The molecule has 0 radical (unpaired) electrons. The Balaban J connectivity index is 1.37. The summed E-state index contributed by atoms with van der Waals surface area (Å²) >= 11 is 0. The monoisotopic (exact) mass is 576 g/mol. The Morgan fingerprint density at radius 3 is 2.14 bits per heavy atom. The number of nitrogens with zero attached hydrogens (tertiary/aromatic N) is 2. The molecule has 0 fully saturated rings. The number of carbonyl (C=O) groups is 1. The summed E-state index contributed by atoms with van der Waals surface area (Å²) in [7, 11) is 0. The van der Waals surface area contributed by atoms with E-state index < -0.39 is 29.4 Å². The highest BCUT2D eigenvalue weighted by molar-refractivity contribution is 5.79. The number of halogens is 5. The zero-order chi connectivity index (χ0) is 29.4. The van der Waals surface area contributed by atoms with Gasteiger partial charge >= 0.3 is 6.18 Å². The van der Waals surface area contributed by atoms with Crippen molar-refractivity contribution in [3.63, 3.8) is 0 Å². The van der Waals surface area contributed by atoms with Crippen LogP contribution in [0.2, 0.25) is 0 Å². The standard InChI is InChI=1S/C34H29F5N2O/c35-26-13-14-29(30(19-26)34(37,38)39)33-28-11-5-3-7-22(28)15-16-40(33)21-32(42)41(20-25-10-4-6-12-31(25)36)27-17-23-8-1-2-9-24(23)18-27/h1-14,19,27,33H,15-18,20-21H2. The average Bonchev–Trinajstić information content (AvgIpc) is 3.40. The number of amides is 1. The summed E-state index contributed by atoms with van der Waals surface area (Å²) in [5.41, 5.74) is 3.01. The average molecular weight is 577 g/mol. The van der Waals surface area contributed by atoms with Gasteiger partial charge in [-0.3, -0.25) is 9.69 Å². The Kier molecular flexibility index (Phi) is 7.58. The van der Waals surface area contributed by atoms with Gasteiger partial charge in [0, 0.05) is 24.7 Å². The van der Waals surface area contributed by atoms with E-state index in [2.05, 4.69) is 0 Å². The van der Waals surface area contributed by atoms with Crippen molar-refractivity contribution < 1.29 is 26.7 Å². The van der Waals surface area contributed by atoms with Crippen LogP contribution < -0.4 is 0 Å². The highest BCUT2D eigenvalue weighted by atomic mass is 19.4. The highest BCUT2D eigenvalue weighted by Gasteiger charge is 2.40. The van der Waals surface area contributed by atoms with E-state index in [0.717, 1.165) is 22.8 Å². The lowest BCUT2D eigenvalue weighted by Gasteiger charge is -2.40. The van der Waals surface area contributed by atoms with Gasteiger partial charge in [-0.05, 0) is 65.3 Å². The summed E-state index contributed by atoms with van der Waals surface area (Å²) in [4.78, 5) is 17.6. The van der Waals surface area contributed by atoms with Crippen molar-refractivity contribution in [1.82, 2.24) is 9.80 Å². The first-order chi connectivity index (χ1) is 20.2. The van der Waals surface area contributed by atoms with Gasteiger partial charge in [0.1, 0.15) is 11.6 Å². The zero-order valence-corrected chi connectivity index (χ0v) is 22.8. The van der Waals surface area contributed by atoms with E-state index in [4.69, 9.17) is 0 Å². The molecule has 0 saturated heterocycles. The van der Waals surface area contributed by atoms with Gasteiger partial charge in [-0.15, -0.1) is 0 Å². The van der Waals surface area contributed by atoms with Crippen LogP contribution in [0.15, 0.2) is 91.0 Å². The summed E-state index contributed by atoms with van der Waals surface area (Å²) in [5.74, 6) is -1.69. The van der Waals surface area contributed by atoms with Crippen LogP contribution in [-0.2, 0) is 36.8 Å². The van der Waals surface area contributed by atoms with Crippen LogP contribution in [0.5, 0.6) is 0 Å². The van der Waals surface area contributed by atoms with Gasteiger partial charge in [-0.2, -0.15) is 13.2 Å². The van der Waals surface area contributed by atoms with Crippen molar-refractivity contribution in [2.75, 3.05) is 13.1 Å². The van der Waals surface area contributed by atoms with Gasteiger partial charge in [-0.25, -0.2) is 8.78 Å². The summed E-state index contributed by atoms with van der Waals surface area (Å²) in [6.45, 7) is 0.207. The molecule has 1 amide bonds. The normalized spacial score (nSPS) is 17.1. The van der Waals surface area contributed by atoms with E-state index in [9.17, 15) is 26.7 Å². The van der Waals surface area contributed by atoms with E-state index in [0.29, 0.717) is 43.0 Å². The van der Waals surface area contributed by atoms with Gasteiger partial charge < -0.3 is 4.90 Å². The molecule has 42 heavy (non-hydrogen) atoms. The smallest absolute Gasteiger partial charge is 0.333 e. The number of benzene rings is 4. The lowest BCUT2D eigenvalue weighted by molar-refractivity contribution is -0.139. The van der Waals surface area contributed by atoms with Crippen LogP contribution in [0.3, 0.4) is 0 Å². The van der Waals surface area contributed by atoms with Crippen LogP contribution >= 0.6 is 0 Å². The molecule has 1 aliphatic carbocycles. The van der Waals surface area contributed by atoms with E-state index in [-0.39, 0.29) is 30.6 Å². The molecule has 216 valence electrons. The van der Waals surface area contributed by atoms with Gasteiger partial charge in [-0.1, -0.05) is 72.8 Å². The van der Waals surface area contributed by atoms with E-state index >= 15 is 0 Å². The summed E-state index contributed by atoms with van der Waals surface area (Å²) in [6.07, 6.45) is -3.02. The fourth-order valence-electron chi connectivity index (χ4n) is 6.42. The minimum Gasteiger partial charge on any atom is -0.333 e. The number of rotatable bonds is 6. The van der Waals surface area contributed by atoms with Gasteiger partial charge in [0.2, 0.25) is 5.91 Å². The third kappa shape index (κ3) is 5.55. The quantitative estimate of drug-likeness (QED) is 0.228. The largest absolute Gasteiger partial charge is 0.416 e. The van der Waals surface area contributed by atoms with Crippen molar-refractivity contribution in [2.45, 2.75) is 44.1 Å². The number of hydrogen-bond donors (Lipinski definition) is 0. The summed E-state index contributed by atoms with van der Waals surface area (Å²) in [5, 5.41) is 0.